The van der Waals surface area contributed by atoms with E-state index in [0.29, 0.717) is 12.4 Å². The van der Waals surface area contributed by atoms with Crippen molar-refractivity contribution >= 4 is 22.2 Å². The van der Waals surface area contributed by atoms with Crippen LogP contribution in [0, 0.1) is 68.0 Å². The molecule has 34 heavy (non-hydrogen) atoms. The van der Waals surface area contributed by atoms with Crippen LogP contribution in [0.5, 0.6) is 0 Å². The van der Waals surface area contributed by atoms with Crippen LogP contribution < -0.4 is 10.4 Å². The van der Waals surface area contributed by atoms with Crippen molar-refractivity contribution < 1.29 is 26.3 Å². The molecule has 3 aromatic heterocycles. The number of hydrogen-bond acceptors (Lipinski definition) is 6. The highest BCUT2D eigenvalue weighted by Crippen LogP contribution is 2.39. The lowest BCUT2D eigenvalue weighted by molar-refractivity contribution is -0.145. The topological polar surface area (TPSA) is 152 Å². The van der Waals surface area contributed by atoms with Crippen LogP contribution in [0.1, 0.15) is 22.5 Å². The van der Waals surface area contributed by atoms with E-state index >= 15 is 0 Å². The van der Waals surface area contributed by atoms with Gasteiger partial charge in [0.15, 0.2) is 11.4 Å². The van der Waals surface area contributed by atoms with E-state index in [0.717, 1.165) is 0 Å². The van der Waals surface area contributed by atoms with Gasteiger partial charge in [0.05, 0.1) is 22.2 Å². The second-order valence-corrected chi connectivity index (χ2v) is 6.39. The summed E-state index contributed by atoms with van der Waals surface area (Å²) in [4.78, 5) is 0. The van der Waals surface area contributed by atoms with Crippen molar-refractivity contribution in [3.05, 3.63) is 45.3 Å². The summed E-state index contributed by atoms with van der Waals surface area (Å²) < 4.78 is 85.4. The van der Waals surface area contributed by atoms with E-state index in [1.165, 1.54) is 36.4 Å². The number of nitriles is 6. The van der Waals surface area contributed by atoms with Crippen molar-refractivity contribution in [1.29, 1.82) is 31.6 Å². The van der Waals surface area contributed by atoms with E-state index < -0.39 is 67.5 Å². The summed E-state index contributed by atoms with van der Waals surface area (Å²) in [6.45, 7) is 0. The Morgan fingerprint density at radius 1 is 0.588 bits per heavy atom. The van der Waals surface area contributed by atoms with Crippen LogP contribution in [-0.2, 0) is 12.4 Å². The van der Waals surface area contributed by atoms with Crippen LogP contribution >= 0.6 is 0 Å². The summed E-state index contributed by atoms with van der Waals surface area (Å²) >= 11 is 0. The standard InChI is InChI=1S/C20H2F6N8/c21-19(22,23)17-15-13(9(1-27)2-28)11(5-31)7-33(15)18(20(24,25)26)16-14(10(3-29)4-30)12(6-32)8-34(16)17/h7-8H. The molecule has 0 N–H and O–H groups in total. The third-order valence-corrected chi connectivity index (χ3v) is 4.67. The Bertz CT molecular complexity index is 1620. The van der Waals surface area contributed by atoms with Crippen LogP contribution in [0.2, 0.25) is 0 Å². The highest BCUT2D eigenvalue weighted by Gasteiger charge is 2.44. The minimum absolute atomic E-state index is 0.0717. The minimum Gasteiger partial charge on any atom is -0.307 e. The smallest absolute Gasteiger partial charge is 0.307 e. The lowest BCUT2D eigenvalue weighted by Crippen LogP contribution is -2.25. The van der Waals surface area contributed by atoms with E-state index in [-0.39, 0.29) is 8.80 Å². The number of fused-ring (bicyclic) bond motifs is 2. The fourth-order valence-corrected chi connectivity index (χ4v) is 3.55. The van der Waals surface area contributed by atoms with Crippen molar-refractivity contribution in [2.45, 2.75) is 12.4 Å². The predicted molar refractivity (Wildman–Crippen MR) is 96.3 cm³/mol. The zero-order valence-electron chi connectivity index (χ0n) is 16.0. The zero-order valence-corrected chi connectivity index (χ0v) is 16.0. The van der Waals surface area contributed by atoms with Crippen LogP contribution in [0.3, 0.4) is 0 Å². The van der Waals surface area contributed by atoms with Gasteiger partial charge in [-0.2, -0.15) is 57.9 Å². The molecule has 3 aromatic rings. The van der Waals surface area contributed by atoms with E-state index in [2.05, 4.69) is 0 Å². The second kappa shape index (κ2) is 7.61. The monoisotopic (exact) mass is 468 g/mol. The largest absolute Gasteiger partial charge is 0.433 e. The summed E-state index contributed by atoms with van der Waals surface area (Å²) in [5.41, 5.74) is -10.2. The van der Waals surface area contributed by atoms with Gasteiger partial charge in [-0.1, -0.05) is 0 Å². The van der Waals surface area contributed by atoms with Crippen LogP contribution in [-0.4, -0.2) is 8.80 Å². The summed E-state index contributed by atoms with van der Waals surface area (Å²) in [5.74, 6) is 0. The van der Waals surface area contributed by atoms with Gasteiger partial charge in [0.2, 0.25) is 0 Å². The molecule has 3 rings (SSSR count). The third-order valence-electron chi connectivity index (χ3n) is 4.67. The van der Waals surface area contributed by atoms with Gasteiger partial charge >= 0.3 is 12.4 Å². The first-order chi connectivity index (χ1) is 15.9. The Labute approximate surface area is 183 Å². The number of halogens is 6. The van der Waals surface area contributed by atoms with Gasteiger partial charge in [-0.15, -0.1) is 0 Å². The predicted octanol–water partition coefficient (Wildman–Crippen LogP) is 2.37. The normalized spacial score (nSPS) is 11.1. The molecule has 0 unspecified atom stereocenters. The molecule has 0 saturated heterocycles. The fraction of sp³-hybridized carbons (Fsp3) is 0.100. The highest BCUT2D eigenvalue weighted by molar-refractivity contribution is 5.84. The Morgan fingerprint density at radius 2 is 0.882 bits per heavy atom. The molecule has 8 nitrogen and oxygen atoms in total. The fourth-order valence-electron chi connectivity index (χ4n) is 3.55. The Hall–Kier alpha value is -5.44. The van der Waals surface area contributed by atoms with Crippen molar-refractivity contribution in [2.24, 2.45) is 0 Å². The minimum atomic E-state index is -5.46. The molecule has 164 valence electrons. The zero-order chi connectivity index (χ0) is 25.6. The van der Waals surface area contributed by atoms with E-state index in [1.54, 1.807) is 0 Å². The average molecular weight is 468 g/mol. The molecule has 0 saturated carbocycles. The van der Waals surface area contributed by atoms with Crippen molar-refractivity contribution in [3.8, 4) is 36.4 Å². The average Bonchev–Trinajstić information content (AvgIpc) is 3.31. The van der Waals surface area contributed by atoms with Gasteiger partial charge in [0.25, 0.3) is 0 Å². The molecule has 3 heterocycles. The lowest BCUT2D eigenvalue weighted by Gasteiger charge is -2.18. The molecular weight excluding hydrogens is 466 g/mol. The Balaban J connectivity index is 3.10. The van der Waals surface area contributed by atoms with Crippen LogP contribution in [0.15, 0.2) is 12.4 Å². The van der Waals surface area contributed by atoms with Gasteiger partial charge in [0, 0.05) is 22.8 Å². The van der Waals surface area contributed by atoms with Crippen LogP contribution in [0.25, 0.3) is 22.2 Å². The van der Waals surface area contributed by atoms with Gasteiger partial charge in [-0.3, -0.25) is 0 Å². The summed E-state index contributed by atoms with van der Waals surface area (Å²) in [5, 5.41) is 53.4. The molecule has 0 aliphatic heterocycles. The maximum absolute atomic E-state index is 14.3. The SMILES string of the molecule is N#CC(C#N)=c1c(C#N)cn2c(C(F)(F)F)c3c(=C(C#N)C#N)c(C#N)cn3c(C(F)(F)F)c12. The first-order valence-corrected chi connectivity index (χ1v) is 8.46. The van der Waals surface area contributed by atoms with E-state index in [9.17, 15) is 57.9 Å². The molecule has 0 radical (unpaired) electrons. The summed E-state index contributed by atoms with van der Waals surface area (Å²) in [6.07, 6.45) is -10.2. The number of alkyl halides is 6. The Morgan fingerprint density at radius 3 is 1.09 bits per heavy atom. The van der Waals surface area contributed by atoms with Gasteiger partial charge in [-0.05, 0) is 0 Å². The van der Waals surface area contributed by atoms with Crippen molar-refractivity contribution in [2.75, 3.05) is 0 Å². The molecule has 0 atom stereocenters. The molecule has 0 bridgehead atoms. The van der Waals surface area contributed by atoms with Crippen molar-refractivity contribution in [1.82, 2.24) is 8.80 Å². The number of rotatable bonds is 0. The summed E-state index contributed by atoms with van der Waals surface area (Å²) in [7, 11) is 0. The molecule has 0 amide bonds. The Kier molecular flexibility index (Phi) is 5.20. The molecule has 0 spiro atoms. The van der Waals surface area contributed by atoms with Gasteiger partial charge in [-0.25, -0.2) is 0 Å². The number of nitrogens with zero attached hydrogens (tertiary/aromatic N) is 8. The first kappa shape index (κ1) is 23.2. The number of hydrogen-bond donors (Lipinski definition) is 0. The molecular formula is C20H2F6N8. The van der Waals surface area contributed by atoms with Crippen molar-refractivity contribution in [3.63, 3.8) is 0 Å². The molecule has 0 aliphatic rings. The lowest BCUT2D eigenvalue weighted by atomic mass is 10.1. The maximum Gasteiger partial charge on any atom is 0.433 e. The molecule has 0 aliphatic carbocycles. The van der Waals surface area contributed by atoms with Gasteiger partial charge < -0.3 is 8.80 Å². The van der Waals surface area contributed by atoms with E-state index in [4.69, 9.17) is 0 Å². The number of aromatic nitrogens is 2. The van der Waals surface area contributed by atoms with E-state index in [1.807, 2.05) is 0 Å². The highest BCUT2D eigenvalue weighted by atomic mass is 19.4. The first-order valence-electron chi connectivity index (χ1n) is 8.46. The quantitative estimate of drug-likeness (QED) is 0.462. The van der Waals surface area contributed by atoms with Gasteiger partial charge in [0.1, 0.15) is 47.6 Å². The summed E-state index contributed by atoms with van der Waals surface area (Å²) in [6, 6.07) is 7.78. The molecule has 0 aromatic carbocycles. The molecule has 0 fully saturated rings. The van der Waals surface area contributed by atoms with Crippen LogP contribution in [0.4, 0.5) is 26.3 Å². The second-order valence-electron chi connectivity index (χ2n) is 6.39. The third kappa shape index (κ3) is 3.12. The maximum atomic E-state index is 14.3. The molecule has 14 heteroatoms.